The zero-order chi connectivity index (χ0) is 20.6. The second-order valence-electron chi connectivity index (χ2n) is 7.16. The Morgan fingerprint density at radius 3 is 2.60 bits per heavy atom. The lowest BCUT2D eigenvalue weighted by Crippen LogP contribution is -2.52. The molecule has 30 heavy (non-hydrogen) atoms. The maximum atomic E-state index is 5.51. The lowest BCUT2D eigenvalue weighted by atomic mass is 10.0. The SMILES string of the molecule is CCNC(=NCC(C)c1ccccc1OC)N1CCN(c2nc(CC)ns2)CC1.I. The molecule has 0 amide bonds. The summed E-state index contributed by atoms with van der Waals surface area (Å²) in [6.07, 6.45) is 0.887. The number of piperazine rings is 1. The third-order valence-electron chi connectivity index (χ3n) is 5.14. The van der Waals surface area contributed by atoms with E-state index in [2.05, 4.69) is 57.4 Å². The quantitative estimate of drug-likeness (QED) is 0.327. The highest BCUT2D eigenvalue weighted by Gasteiger charge is 2.22. The molecule has 0 spiro atoms. The molecule has 0 bridgehead atoms. The molecule has 1 saturated heterocycles. The van der Waals surface area contributed by atoms with E-state index < -0.39 is 0 Å². The van der Waals surface area contributed by atoms with Gasteiger partial charge in [0.05, 0.1) is 7.11 Å². The van der Waals surface area contributed by atoms with Crippen molar-refractivity contribution < 1.29 is 4.74 Å². The summed E-state index contributed by atoms with van der Waals surface area (Å²) < 4.78 is 9.92. The molecule has 0 radical (unpaired) electrons. The number of halogens is 1. The number of ether oxygens (including phenoxy) is 1. The zero-order valence-corrected chi connectivity index (χ0v) is 21.4. The van der Waals surface area contributed by atoms with Crippen molar-refractivity contribution in [2.24, 2.45) is 4.99 Å². The Labute approximate surface area is 201 Å². The van der Waals surface area contributed by atoms with Gasteiger partial charge in [-0.3, -0.25) is 4.99 Å². The van der Waals surface area contributed by atoms with Crippen LogP contribution in [0.4, 0.5) is 5.13 Å². The summed E-state index contributed by atoms with van der Waals surface area (Å²) in [5.41, 5.74) is 1.20. The highest BCUT2D eigenvalue weighted by atomic mass is 127. The Morgan fingerprint density at radius 2 is 1.97 bits per heavy atom. The van der Waals surface area contributed by atoms with E-state index in [1.165, 1.54) is 17.1 Å². The first-order valence-corrected chi connectivity index (χ1v) is 11.2. The van der Waals surface area contributed by atoms with Gasteiger partial charge >= 0.3 is 0 Å². The summed E-state index contributed by atoms with van der Waals surface area (Å²) in [7, 11) is 1.72. The molecule has 7 nitrogen and oxygen atoms in total. The molecular weight excluding hydrogens is 511 g/mol. The predicted molar refractivity (Wildman–Crippen MR) is 136 cm³/mol. The van der Waals surface area contributed by atoms with Crippen LogP contribution in [0, 0.1) is 0 Å². The molecule has 3 rings (SSSR count). The minimum Gasteiger partial charge on any atom is -0.496 e. The van der Waals surface area contributed by atoms with Crippen LogP contribution < -0.4 is 15.0 Å². The van der Waals surface area contributed by atoms with Crippen molar-refractivity contribution in [3.05, 3.63) is 35.7 Å². The van der Waals surface area contributed by atoms with Crippen LogP contribution in [-0.4, -0.2) is 66.6 Å². The van der Waals surface area contributed by atoms with Crippen molar-refractivity contribution in [3.63, 3.8) is 0 Å². The molecule has 1 N–H and O–H groups in total. The normalized spacial score (nSPS) is 15.5. The number of guanidine groups is 1. The smallest absolute Gasteiger partial charge is 0.205 e. The van der Waals surface area contributed by atoms with Gasteiger partial charge in [0, 0.05) is 63.1 Å². The topological polar surface area (TPSA) is 65.9 Å². The van der Waals surface area contributed by atoms with E-state index in [4.69, 9.17) is 9.73 Å². The van der Waals surface area contributed by atoms with Gasteiger partial charge in [-0.15, -0.1) is 24.0 Å². The van der Waals surface area contributed by atoms with Crippen LogP contribution in [0.1, 0.15) is 38.1 Å². The molecule has 1 unspecified atom stereocenters. The number of hydrogen-bond acceptors (Lipinski definition) is 6. The molecule has 1 fully saturated rings. The van der Waals surface area contributed by atoms with Crippen LogP contribution in [0.3, 0.4) is 0 Å². The molecule has 1 aliphatic rings. The summed E-state index contributed by atoms with van der Waals surface area (Å²) in [5, 5.41) is 4.49. The van der Waals surface area contributed by atoms with E-state index in [1.54, 1.807) is 7.11 Å². The fourth-order valence-corrected chi connectivity index (χ4v) is 4.25. The fourth-order valence-electron chi connectivity index (χ4n) is 3.45. The number of nitrogens with one attached hydrogen (secondary N) is 1. The van der Waals surface area contributed by atoms with E-state index >= 15 is 0 Å². The largest absolute Gasteiger partial charge is 0.496 e. The maximum absolute atomic E-state index is 5.51. The molecule has 9 heteroatoms. The lowest BCUT2D eigenvalue weighted by Gasteiger charge is -2.36. The summed E-state index contributed by atoms with van der Waals surface area (Å²) in [5.74, 6) is 3.14. The number of methoxy groups -OCH3 is 1. The summed E-state index contributed by atoms with van der Waals surface area (Å²) in [4.78, 5) is 14.2. The Balaban J connectivity index is 0.00000320. The Hall–Kier alpha value is -1.62. The molecule has 166 valence electrons. The first-order valence-electron chi connectivity index (χ1n) is 10.4. The van der Waals surface area contributed by atoms with E-state index in [9.17, 15) is 0 Å². The van der Waals surface area contributed by atoms with Gasteiger partial charge < -0.3 is 19.9 Å². The number of hydrogen-bond donors (Lipinski definition) is 1. The van der Waals surface area contributed by atoms with Crippen molar-refractivity contribution >= 4 is 46.6 Å². The van der Waals surface area contributed by atoms with Crippen molar-refractivity contribution in [2.45, 2.75) is 33.1 Å². The van der Waals surface area contributed by atoms with E-state index in [0.29, 0.717) is 0 Å². The highest BCUT2D eigenvalue weighted by molar-refractivity contribution is 14.0. The highest BCUT2D eigenvalue weighted by Crippen LogP contribution is 2.26. The van der Waals surface area contributed by atoms with Crippen LogP contribution >= 0.6 is 35.5 Å². The van der Waals surface area contributed by atoms with Crippen LogP contribution in [0.25, 0.3) is 0 Å². The molecule has 1 aromatic heterocycles. The van der Waals surface area contributed by atoms with Crippen molar-refractivity contribution in [1.82, 2.24) is 19.6 Å². The summed E-state index contributed by atoms with van der Waals surface area (Å²) in [6.45, 7) is 11.7. The zero-order valence-electron chi connectivity index (χ0n) is 18.3. The van der Waals surface area contributed by atoms with Crippen molar-refractivity contribution in [3.8, 4) is 5.75 Å². The lowest BCUT2D eigenvalue weighted by molar-refractivity contribution is 0.371. The fraction of sp³-hybridized carbons (Fsp3) is 0.571. The maximum Gasteiger partial charge on any atom is 0.205 e. The monoisotopic (exact) mass is 544 g/mol. The predicted octanol–water partition coefficient (Wildman–Crippen LogP) is 3.62. The number of rotatable bonds is 7. The van der Waals surface area contributed by atoms with Gasteiger partial charge in [-0.2, -0.15) is 4.37 Å². The second-order valence-corrected chi connectivity index (χ2v) is 7.89. The number of anilines is 1. The average Bonchev–Trinajstić information content (AvgIpc) is 3.26. The molecule has 0 aliphatic carbocycles. The van der Waals surface area contributed by atoms with E-state index in [1.807, 2.05) is 12.1 Å². The molecule has 0 saturated carbocycles. The molecule has 1 atom stereocenters. The summed E-state index contributed by atoms with van der Waals surface area (Å²) in [6, 6.07) is 8.19. The second kappa shape index (κ2) is 12.3. The van der Waals surface area contributed by atoms with Gasteiger partial charge in [-0.05, 0) is 18.6 Å². The molecule has 2 heterocycles. The average molecular weight is 545 g/mol. The number of aliphatic imine (C=N–C) groups is 1. The van der Waals surface area contributed by atoms with Gasteiger partial charge in [0.25, 0.3) is 0 Å². The Morgan fingerprint density at radius 1 is 1.23 bits per heavy atom. The van der Waals surface area contributed by atoms with Crippen molar-refractivity contribution in [2.75, 3.05) is 51.3 Å². The first kappa shape index (κ1) is 24.6. The minimum atomic E-state index is 0. The Kier molecular flexibility index (Phi) is 10.1. The van der Waals surface area contributed by atoms with Crippen LogP contribution in [0.15, 0.2) is 29.3 Å². The van der Waals surface area contributed by atoms with Gasteiger partial charge in [-0.1, -0.05) is 32.0 Å². The van der Waals surface area contributed by atoms with Crippen molar-refractivity contribution in [1.29, 1.82) is 0 Å². The van der Waals surface area contributed by atoms with Crippen LogP contribution in [0.5, 0.6) is 5.75 Å². The number of nitrogens with zero attached hydrogens (tertiary/aromatic N) is 5. The van der Waals surface area contributed by atoms with Gasteiger partial charge in [0.15, 0.2) is 5.96 Å². The number of aryl methyl sites for hydroxylation is 1. The van der Waals surface area contributed by atoms with Gasteiger partial charge in [0.2, 0.25) is 5.13 Å². The van der Waals surface area contributed by atoms with Gasteiger partial charge in [-0.25, -0.2) is 4.98 Å². The third kappa shape index (κ3) is 6.19. The van der Waals surface area contributed by atoms with E-state index in [-0.39, 0.29) is 29.9 Å². The number of aromatic nitrogens is 2. The third-order valence-corrected chi connectivity index (χ3v) is 5.96. The van der Waals surface area contributed by atoms with Crippen LogP contribution in [-0.2, 0) is 6.42 Å². The van der Waals surface area contributed by atoms with Gasteiger partial charge in [0.1, 0.15) is 11.6 Å². The number of benzene rings is 1. The Bertz CT molecular complexity index is 806. The van der Waals surface area contributed by atoms with Crippen LogP contribution in [0.2, 0.25) is 0 Å². The molecule has 2 aromatic rings. The number of para-hydroxylation sites is 1. The minimum absolute atomic E-state index is 0. The summed E-state index contributed by atoms with van der Waals surface area (Å²) >= 11 is 1.50. The first-order chi connectivity index (χ1) is 14.2. The molecular formula is C21H33IN6OS. The van der Waals surface area contributed by atoms with E-state index in [0.717, 1.165) is 68.4 Å². The molecule has 1 aliphatic heterocycles. The molecule has 1 aromatic carbocycles. The standard InChI is InChI=1S/C21H32N6OS.HI/c1-5-19-24-21(29-25-19)27-13-11-26(12-14-27)20(22-6-2)23-15-16(3)17-9-7-8-10-18(17)28-4;/h7-10,16H,5-6,11-15H2,1-4H3,(H,22,23);1H.